The highest BCUT2D eigenvalue weighted by Crippen LogP contribution is 2.51. The summed E-state index contributed by atoms with van der Waals surface area (Å²) in [6, 6.07) is 41.3. The van der Waals surface area contributed by atoms with Crippen molar-refractivity contribution in [3.63, 3.8) is 0 Å². The van der Waals surface area contributed by atoms with Crippen molar-refractivity contribution in [1.29, 1.82) is 0 Å². The van der Waals surface area contributed by atoms with Crippen LogP contribution in [0.25, 0.3) is 21.9 Å². The van der Waals surface area contributed by atoms with Crippen molar-refractivity contribution in [2.24, 2.45) is 0 Å². The van der Waals surface area contributed by atoms with E-state index >= 15 is 0 Å². The Morgan fingerprint density at radius 2 is 1.21 bits per heavy atom. The third-order valence-corrected chi connectivity index (χ3v) is 7.02. The molecule has 0 heterocycles. The summed E-state index contributed by atoms with van der Waals surface area (Å²) in [5.74, 6) is 0.0860. The first kappa shape index (κ1) is 20.6. The second-order valence-corrected chi connectivity index (χ2v) is 9.00. The van der Waals surface area contributed by atoms with Gasteiger partial charge in [-0.25, -0.2) is 0 Å². The van der Waals surface area contributed by atoms with Crippen LogP contribution in [0.4, 0.5) is 0 Å². The molecule has 0 fully saturated rings. The molecule has 164 valence electrons. The summed E-state index contributed by atoms with van der Waals surface area (Å²) in [5, 5.41) is 6.03. The molecule has 0 saturated carbocycles. The molecule has 2 nitrogen and oxygen atoms in total. The van der Waals surface area contributed by atoms with E-state index in [0.717, 1.165) is 21.9 Å². The molecule has 0 spiro atoms. The Balaban J connectivity index is 1.49. The standard InChI is InChI=1S/C32H25NO/c1-22(31(34)25-20-19-23-11-5-6-12-24(23)21-25)33-32(26-13-3-2-4-14-26)29-17-9-7-15-27(29)28-16-8-10-18-30(28)32/h2-22,33H,1H3/t22-/m0/s1. The second-order valence-electron chi connectivity index (χ2n) is 9.00. The maximum absolute atomic E-state index is 13.7. The summed E-state index contributed by atoms with van der Waals surface area (Å²) in [5.41, 5.74) is 6.02. The lowest BCUT2D eigenvalue weighted by Gasteiger charge is -2.36. The van der Waals surface area contributed by atoms with Crippen LogP contribution in [0.1, 0.15) is 34.0 Å². The van der Waals surface area contributed by atoms with Gasteiger partial charge in [0.25, 0.3) is 0 Å². The summed E-state index contributed by atoms with van der Waals surface area (Å²) in [7, 11) is 0. The summed E-state index contributed by atoms with van der Waals surface area (Å²) < 4.78 is 0. The number of Topliss-reactive ketones (excluding diaryl/α,β-unsaturated/α-hetero) is 1. The molecule has 1 atom stereocenters. The van der Waals surface area contributed by atoms with E-state index in [0.29, 0.717) is 0 Å². The minimum Gasteiger partial charge on any atom is -0.292 e. The highest BCUT2D eigenvalue weighted by Gasteiger charge is 2.45. The second kappa shape index (κ2) is 8.09. The first-order valence-corrected chi connectivity index (χ1v) is 11.7. The Bertz CT molecular complexity index is 1470. The Kier molecular flexibility index (Phi) is 4.90. The predicted molar refractivity (Wildman–Crippen MR) is 139 cm³/mol. The number of ketones is 1. The highest BCUT2D eigenvalue weighted by atomic mass is 16.1. The molecule has 0 unspecified atom stereocenters. The molecular weight excluding hydrogens is 414 g/mol. The van der Waals surface area contributed by atoms with Crippen molar-refractivity contribution in [3.05, 3.63) is 144 Å². The Hall–Kier alpha value is -4.01. The average Bonchev–Trinajstić information content (AvgIpc) is 3.19. The molecule has 1 aliphatic carbocycles. The maximum atomic E-state index is 13.7. The van der Waals surface area contributed by atoms with Crippen LogP contribution in [0.3, 0.4) is 0 Å². The van der Waals surface area contributed by atoms with Gasteiger partial charge in [0.05, 0.1) is 11.6 Å². The molecule has 5 aromatic rings. The first-order chi connectivity index (χ1) is 16.7. The lowest BCUT2D eigenvalue weighted by molar-refractivity contribution is 0.0940. The number of fused-ring (bicyclic) bond motifs is 4. The van der Waals surface area contributed by atoms with Crippen molar-refractivity contribution in [2.45, 2.75) is 18.5 Å². The monoisotopic (exact) mass is 439 g/mol. The van der Waals surface area contributed by atoms with E-state index in [2.05, 4.69) is 90.2 Å². The quantitative estimate of drug-likeness (QED) is 0.300. The van der Waals surface area contributed by atoms with Crippen LogP contribution in [0.5, 0.6) is 0 Å². The Labute approximate surface area is 199 Å². The summed E-state index contributed by atoms with van der Waals surface area (Å²) in [6.07, 6.45) is 0. The normalized spacial score (nSPS) is 14.4. The van der Waals surface area contributed by atoms with Crippen LogP contribution >= 0.6 is 0 Å². The van der Waals surface area contributed by atoms with Gasteiger partial charge in [0, 0.05) is 5.56 Å². The van der Waals surface area contributed by atoms with Crippen molar-refractivity contribution in [3.8, 4) is 11.1 Å². The smallest absolute Gasteiger partial charge is 0.179 e. The molecule has 0 bridgehead atoms. The third kappa shape index (κ3) is 3.11. The lowest BCUT2D eigenvalue weighted by Crippen LogP contribution is -2.50. The minimum absolute atomic E-state index is 0.0860. The van der Waals surface area contributed by atoms with Crippen molar-refractivity contribution in [2.75, 3.05) is 0 Å². The van der Waals surface area contributed by atoms with E-state index in [1.165, 1.54) is 22.3 Å². The summed E-state index contributed by atoms with van der Waals surface area (Å²) in [6.45, 7) is 1.98. The number of rotatable bonds is 5. The van der Waals surface area contributed by atoms with Gasteiger partial charge in [0.15, 0.2) is 5.78 Å². The van der Waals surface area contributed by atoms with Crippen LogP contribution in [-0.2, 0) is 5.54 Å². The van der Waals surface area contributed by atoms with Gasteiger partial charge in [-0.15, -0.1) is 0 Å². The van der Waals surface area contributed by atoms with E-state index in [9.17, 15) is 4.79 Å². The molecule has 1 aliphatic rings. The number of carbonyl (C=O) groups excluding carboxylic acids is 1. The zero-order valence-corrected chi connectivity index (χ0v) is 19.0. The maximum Gasteiger partial charge on any atom is 0.179 e. The van der Waals surface area contributed by atoms with Gasteiger partial charge in [0.1, 0.15) is 0 Å². The average molecular weight is 440 g/mol. The first-order valence-electron chi connectivity index (χ1n) is 11.7. The number of carbonyl (C=O) groups is 1. The third-order valence-electron chi connectivity index (χ3n) is 7.02. The van der Waals surface area contributed by atoms with Crippen molar-refractivity contribution >= 4 is 16.6 Å². The topological polar surface area (TPSA) is 29.1 Å². The lowest BCUT2D eigenvalue weighted by atomic mass is 9.79. The molecular formula is C32H25NO. The molecule has 0 saturated heterocycles. The molecule has 0 aromatic heterocycles. The number of benzene rings is 5. The largest absolute Gasteiger partial charge is 0.292 e. The van der Waals surface area contributed by atoms with Crippen LogP contribution in [0.15, 0.2) is 121 Å². The molecule has 0 radical (unpaired) electrons. The Morgan fingerprint density at radius 1 is 0.647 bits per heavy atom. The molecule has 2 heteroatoms. The molecule has 0 aliphatic heterocycles. The highest BCUT2D eigenvalue weighted by molar-refractivity contribution is 6.03. The summed E-state index contributed by atoms with van der Waals surface area (Å²) >= 11 is 0. The van der Waals surface area contributed by atoms with E-state index in [1.54, 1.807) is 0 Å². The number of hydrogen-bond acceptors (Lipinski definition) is 2. The molecule has 6 rings (SSSR count). The zero-order chi connectivity index (χ0) is 23.1. The fourth-order valence-corrected chi connectivity index (χ4v) is 5.46. The minimum atomic E-state index is -0.611. The van der Waals surface area contributed by atoms with Crippen LogP contribution in [0.2, 0.25) is 0 Å². The van der Waals surface area contributed by atoms with Gasteiger partial charge in [-0.2, -0.15) is 0 Å². The molecule has 0 amide bonds. The number of nitrogens with one attached hydrogen (secondary N) is 1. The van der Waals surface area contributed by atoms with E-state index in [1.807, 2.05) is 43.3 Å². The molecule has 1 N–H and O–H groups in total. The SMILES string of the molecule is C[C@H](NC1(c2ccccc2)c2ccccc2-c2ccccc21)C(=O)c1ccc2ccccc2c1. The fraction of sp³-hybridized carbons (Fsp3) is 0.0938. The molecule has 34 heavy (non-hydrogen) atoms. The number of hydrogen-bond donors (Lipinski definition) is 1. The van der Waals surface area contributed by atoms with Gasteiger partial charge < -0.3 is 0 Å². The zero-order valence-electron chi connectivity index (χ0n) is 19.0. The Morgan fingerprint density at radius 3 is 1.88 bits per heavy atom. The van der Waals surface area contributed by atoms with Gasteiger partial charge in [-0.1, -0.05) is 115 Å². The predicted octanol–water partition coefficient (Wildman–Crippen LogP) is 6.97. The fourth-order valence-electron chi connectivity index (χ4n) is 5.46. The summed E-state index contributed by atoms with van der Waals surface area (Å²) in [4.78, 5) is 13.7. The van der Waals surface area contributed by atoms with Gasteiger partial charge >= 0.3 is 0 Å². The van der Waals surface area contributed by atoms with E-state index in [4.69, 9.17) is 0 Å². The van der Waals surface area contributed by atoms with Gasteiger partial charge in [-0.05, 0) is 51.6 Å². The van der Waals surface area contributed by atoms with E-state index < -0.39 is 11.6 Å². The van der Waals surface area contributed by atoms with Crippen LogP contribution in [0, 0.1) is 0 Å². The van der Waals surface area contributed by atoms with Crippen LogP contribution in [-0.4, -0.2) is 11.8 Å². The van der Waals surface area contributed by atoms with Crippen LogP contribution < -0.4 is 5.32 Å². The van der Waals surface area contributed by atoms with Gasteiger partial charge in [0.2, 0.25) is 0 Å². The van der Waals surface area contributed by atoms with Crippen molar-refractivity contribution in [1.82, 2.24) is 5.32 Å². The van der Waals surface area contributed by atoms with Crippen molar-refractivity contribution < 1.29 is 4.79 Å². The van der Waals surface area contributed by atoms with E-state index in [-0.39, 0.29) is 5.78 Å². The molecule has 5 aromatic carbocycles. The van der Waals surface area contributed by atoms with Gasteiger partial charge in [-0.3, -0.25) is 10.1 Å².